The van der Waals surface area contributed by atoms with Crippen LogP contribution in [0, 0.1) is 11.6 Å². The maximum absolute atomic E-state index is 14.1. The van der Waals surface area contributed by atoms with Gasteiger partial charge in [-0.2, -0.15) is 0 Å². The molecule has 1 aliphatic heterocycles. The van der Waals surface area contributed by atoms with Crippen molar-refractivity contribution in [1.82, 2.24) is 4.57 Å². The van der Waals surface area contributed by atoms with Gasteiger partial charge in [-0.05, 0) is 68.3 Å². The quantitative estimate of drug-likeness (QED) is 0.255. The molecule has 1 aromatic heterocycles. The number of hydrogen-bond donors (Lipinski definition) is 0. The molecule has 1 atom stereocenters. The van der Waals surface area contributed by atoms with Gasteiger partial charge in [0.2, 0.25) is 0 Å². The monoisotopic (exact) mass is 590 g/mol. The van der Waals surface area contributed by atoms with Crippen LogP contribution in [0.3, 0.4) is 0 Å². The molecule has 1 aliphatic rings. The van der Waals surface area contributed by atoms with Crippen molar-refractivity contribution in [2.45, 2.75) is 33.4 Å². The molecule has 0 amide bonds. The maximum Gasteiger partial charge on any atom is 0.338 e. The number of ether oxygens (including phenoxy) is 3. The molecule has 2 heterocycles. The summed E-state index contributed by atoms with van der Waals surface area (Å²) in [5, 5.41) is 0. The van der Waals surface area contributed by atoms with E-state index in [2.05, 4.69) is 4.99 Å². The SMILES string of the molecule is CCOC(=O)C1=C(C)N=c2s/c(=C\c3ccc(OCc4ccccc4F)c(OCC)c3)c(=O)n2[C@@H]1c1ccc(F)cc1. The summed E-state index contributed by atoms with van der Waals surface area (Å²) in [4.78, 5) is 31.8. The predicted molar refractivity (Wildman–Crippen MR) is 155 cm³/mol. The number of halogens is 2. The van der Waals surface area contributed by atoms with Gasteiger partial charge in [0.25, 0.3) is 5.56 Å². The molecule has 7 nitrogen and oxygen atoms in total. The Balaban J connectivity index is 1.55. The van der Waals surface area contributed by atoms with Crippen LogP contribution in [0.25, 0.3) is 6.08 Å². The maximum atomic E-state index is 14.1. The van der Waals surface area contributed by atoms with Crippen LogP contribution in [0.15, 0.2) is 87.8 Å². The standard InChI is InChI=1S/C32H28F2N2O5S/c1-4-39-26-16-20(10-15-25(26)41-18-22-8-6-7-9-24(22)34)17-27-30(37)36-29(21-11-13-23(33)14-12-21)28(31(38)40-5-2)19(3)35-32(36)42-27/h6-17,29H,4-5,18H2,1-3H3/b27-17-/t29-/m1/s1. The molecule has 4 aromatic rings. The molecule has 10 heteroatoms. The Bertz CT molecular complexity index is 1840. The Morgan fingerprint density at radius 1 is 1.00 bits per heavy atom. The van der Waals surface area contributed by atoms with E-state index >= 15 is 0 Å². The van der Waals surface area contributed by atoms with Crippen molar-refractivity contribution in [3.8, 4) is 11.5 Å². The highest BCUT2D eigenvalue weighted by Crippen LogP contribution is 2.32. The van der Waals surface area contributed by atoms with E-state index in [1.54, 1.807) is 68.5 Å². The average Bonchev–Trinajstić information content (AvgIpc) is 3.27. The van der Waals surface area contributed by atoms with E-state index in [1.807, 2.05) is 6.92 Å². The van der Waals surface area contributed by atoms with Crippen LogP contribution >= 0.6 is 11.3 Å². The smallest absolute Gasteiger partial charge is 0.338 e. The summed E-state index contributed by atoms with van der Waals surface area (Å²) in [6.07, 6.45) is 1.71. The fourth-order valence-electron chi connectivity index (χ4n) is 4.68. The highest BCUT2D eigenvalue weighted by molar-refractivity contribution is 7.07. The highest BCUT2D eigenvalue weighted by atomic mass is 32.1. The van der Waals surface area contributed by atoms with Crippen molar-refractivity contribution >= 4 is 23.4 Å². The number of carbonyl (C=O) groups is 1. The third-order valence-corrected chi connectivity index (χ3v) is 7.59. The number of thiazole rings is 1. The van der Waals surface area contributed by atoms with E-state index < -0.39 is 17.8 Å². The van der Waals surface area contributed by atoms with Gasteiger partial charge in [-0.1, -0.05) is 47.7 Å². The third kappa shape index (κ3) is 5.89. The lowest BCUT2D eigenvalue weighted by Gasteiger charge is -2.24. The second kappa shape index (κ2) is 12.5. The third-order valence-electron chi connectivity index (χ3n) is 6.61. The van der Waals surface area contributed by atoms with E-state index in [4.69, 9.17) is 14.2 Å². The summed E-state index contributed by atoms with van der Waals surface area (Å²) in [6.45, 7) is 5.77. The zero-order valence-electron chi connectivity index (χ0n) is 23.2. The van der Waals surface area contributed by atoms with Crippen molar-refractivity contribution < 1.29 is 27.8 Å². The van der Waals surface area contributed by atoms with E-state index in [0.29, 0.717) is 49.8 Å². The molecular weight excluding hydrogens is 562 g/mol. The van der Waals surface area contributed by atoms with Gasteiger partial charge in [-0.25, -0.2) is 18.6 Å². The molecule has 0 saturated carbocycles. The van der Waals surface area contributed by atoms with Crippen LogP contribution in [0.5, 0.6) is 11.5 Å². The van der Waals surface area contributed by atoms with Gasteiger partial charge in [-0.3, -0.25) is 9.36 Å². The van der Waals surface area contributed by atoms with Crippen LogP contribution in [-0.2, 0) is 16.1 Å². The molecule has 0 spiro atoms. The Morgan fingerprint density at radius 3 is 2.48 bits per heavy atom. The predicted octanol–water partition coefficient (Wildman–Crippen LogP) is 5.05. The lowest BCUT2D eigenvalue weighted by atomic mass is 9.96. The fraction of sp³-hybridized carbons (Fsp3) is 0.219. The van der Waals surface area contributed by atoms with Crippen molar-refractivity contribution in [2.75, 3.05) is 13.2 Å². The van der Waals surface area contributed by atoms with E-state index in [9.17, 15) is 18.4 Å². The molecule has 0 radical (unpaired) electrons. The molecule has 3 aromatic carbocycles. The topological polar surface area (TPSA) is 79.1 Å². The number of hydrogen-bond acceptors (Lipinski definition) is 7. The molecule has 0 bridgehead atoms. The van der Waals surface area contributed by atoms with E-state index in [-0.39, 0.29) is 30.2 Å². The number of aromatic nitrogens is 1. The van der Waals surface area contributed by atoms with Gasteiger partial charge in [0.05, 0.1) is 35.1 Å². The number of benzene rings is 3. The molecule has 216 valence electrons. The Labute approximate surface area is 244 Å². The average molecular weight is 591 g/mol. The minimum atomic E-state index is -0.837. The van der Waals surface area contributed by atoms with Crippen LogP contribution in [0.1, 0.15) is 43.5 Å². The largest absolute Gasteiger partial charge is 0.490 e. The van der Waals surface area contributed by atoms with Crippen LogP contribution < -0.4 is 24.4 Å². The molecule has 0 fully saturated rings. The van der Waals surface area contributed by atoms with E-state index in [1.165, 1.54) is 34.1 Å². The van der Waals surface area contributed by atoms with Crippen molar-refractivity contribution in [1.29, 1.82) is 0 Å². The highest BCUT2D eigenvalue weighted by Gasteiger charge is 2.33. The minimum absolute atomic E-state index is 0.0240. The number of fused-ring (bicyclic) bond motifs is 1. The van der Waals surface area contributed by atoms with Crippen LogP contribution in [0.4, 0.5) is 8.78 Å². The zero-order chi connectivity index (χ0) is 29.8. The summed E-state index contributed by atoms with van der Waals surface area (Å²) in [5.41, 5.74) is 1.92. The summed E-state index contributed by atoms with van der Waals surface area (Å²) >= 11 is 1.18. The number of rotatable bonds is 9. The first kappa shape index (κ1) is 28.9. The fourth-order valence-corrected chi connectivity index (χ4v) is 5.72. The number of carbonyl (C=O) groups excluding carboxylic acids is 1. The van der Waals surface area contributed by atoms with E-state index in [0.717, 1.165) is 0 Å². The van der Waals surface area contributed by atoms with Gasteiger partial charge in [0.1, 0.15) is 18.2 Å². The molecule has 0 saturated heterocycles. The summed E-state index contributed by atoms with van der Waals surface area (Å²) in [7, 11) is 0. The van der Waals surface area contributed by atoms with Crippen molar-refractivity contribution in [2.24, 2.45) is 4.99 Å². The lowest BCUT2D eigenvalue weighted by Crippen LogP contribution is -2.39. The minimum Gasteiger partial charge on any atom is -0.490 e. The molecule has 5 rings (SSSR count). The first-order valence-corrected chi connectivity index (χ1v) is 14.2. The van der Waals surface area contributed by atoms with Gasteiger partial charge in [0, 0.05) is 5.56 Å². The Kier molecular flexibility index (Phi) is 8.63. The van der Waals surface area contributed by atoms with Crippen molar-refractivity contribution in [3.63, 3.8) is 0 Å². The zero-order valence-corrected chi connectivity index (χ0v) is 24.0. The first-order valence-electron chi connectivity index (χ1n) is 13.4. The summed E-state index contributed by atoms with van der Waals surface area (Å²) in [5.74, 6) is -0.502. The molecule has 0 aliphatic carbocycles. The lowest BCUT2D eigenvalue weighted by molar-refractivity contribution is -0.139. The Morgan fingerprint density at radius 2 is 1.76 bits per heavy atom. The van der Waals surface area contributed by atoms with Crippen molar-refractivity contribution in [3.05, 3.63) is 126 Å². The summed E-state index contributed by atoms with van der Waals surface area (Å²) in [6, 6.07) is 16.4. The second-order valence-corrected chi connectivity index (χ2v) is 10.4. The Hall–Kier alpha value is -4.57. The van der Waals surface area contributed by atoms with Gasteiger partial charge in [0.15, 0.2) is 16.3 Å². The van der Waals surface area contributed by atoms with Crippen LogP contribution in [-0.4, -0.2) is 23.8 Å². The molecule has 0 unspecified atom stereocenters. The first-order chi connectivity index (χ1) is 20.3. The number of allylic oxidation sites excluding steroid dienone is 1. The van der Waals surface area contributed by atoms with Gasteiger partial charge in [-0.15, -0.1) is 0 Å². The van der Waals surface area contributed by atoms with Crippen LogP contribution in [0.2, 0.25) is 0 Å². The second-order valence-electron chi connectivity index (χ2n) is 9.37. The number of esters is 1. The van der Waals surface area contributed by atoms with Gasteiger partial charge >= 0.3 is 5.97 Å². The van der Waals surface area contributed by atoms with Gasteiger partial charge < -0.3 is 14.2 Å². The molecule has 42 heavy (non-hydrogen) atoms. The molecular formula is C32H28F2N2O5S. The summed E-state index contributed by atoms with van der Waals surface area (Å²) < 4.78 is 46.6. The number of nitrogens with zero attached hydrogens (tertiary/aromatic N) is 2. The molecule has 0 N–H and O–H groups in total. The normalized spacial score (nSPS) is 14.8.